The lowest BCUT2D eigenvalue weighted by molar-refractivity contribution is -0.149. The van der Waals surface area contributed by atoms with Gasteiger partial charge in [-0.1, -0.05) is 0 Å². The molecule has 6 heteroatoms. The number of carboxylic acid groups (broad SMARTS) is 1. The number of aromatic nitrogens is 2. The quantitative estimate of drug-likeness (QED) is 0.907. The molecule has 6 nitrogen and oxygen atoms in total. The molecule has 20 heavy (non-hydrogen) atoms. The van der Waals surface area contributed by atoms with Gasteiger partial charge in [0.1, 0.15) is 11.6 Å². The van der Waals surface area contributed by atoms with E-state index in [0.29, 0.717) is 44.2 Å². The number of hydrogen-bond donors (Lipinski definition) is 1. The molecule has 1 fully saturated rings. The number of aliphatic carboxylic acids is 1. The van der Waals surface area contributed by atoms with Gasteiger partial charge in [0.15, 0.2) is 0 Å². The summed E-state index contributed by atoms with van der Waals surface area (Å²) in [5.41, 5.74) is -0.624. The highest BCUT2D eigenvalue weighted by atomic mass is 16.5. The Morgan fingerprint density at radius 1 is 1.45 bits per heavy atom. The first-order chi connectivity index (χ1) is 9.44. The van der Waals surface area contributed by atoms with E-state index in [0.717, 1.165) is 5.82 Å². The van der Waals surface area contributed by atoms with Gasteiger partial charge in [0.2, 0.25) is 5.88 Å². The third-order valence-corrected chi connectivity index (χ3v) is 3.80. The van der Waals surface area contributed by atoms with Crippen LogP contribution in [-0.4, -0.2) is 40.7 Å². The number of carbonyl (C=O) groups is 1. The number of piperidine rings is 1. The lowest BCUT2D eigenvalue weighted by atomic mass is 9.80. The van der Waals surface area contributed by atoms with Crippen molar-refractivity contribution in [2.75, 3.05) is 24.6 Å². The van der Waals surface area contributed by atoms with E-state index < -0.39 is 11.4 Å². The molecule has 0 spiro atoms. The Hall–Kier alpha value is -1.85. The summed E-state index contributed by atoms with van der Waals surface area (Å²) >= 11 is 0. The van der Waals surface area contributed by atoms with Crippen LogP contribution >= 0.6 is 0 Å². The molecule has 0 atom stereocenters. The van der Waals surface area contributed by atoms with Crippen molar-refractivity contribution in [1.82, 2.24) is 9.97 Å². The van der Waals surface area contributed by atoms with Crippen molar-refractivity contribution < 1.29 is 14.6 Å². The van der Waals surface area contributed by atoms with Crippen LogP contribution in [0.4, 0.5) is 5.82 Å². The van der Waals surface area contributed by atoms with Crippen molar-refractivity contribution in [3.63, 3.8) is 0 Å². The van der Waals surface area contributed by atoms with Gasteiger partial charge in [0.05, 0.1) is 12.0 Å². The lowest BCUT2D eigenvalue weighted by Gasteiger charge is -2.37. The van der Waals surface area contributed by atoms with Gasteiger partial charge in [-0.15, -0.1) is 0 Å². The van der Waals surface area contributed by atoms with Crippen LogP contribution in [0.3, 0.4) is 0 Å². The Morgan fingerprint density at radius 3 is 2.65 bits per heavy atom. The van der Waals surface area contributed by atoms with E-state index in [1.54, 1.807) is 0 Å². The van der Waals surface area contributed by atoms with Gasteiger partial charge in [-0.05, 0) is 33.6 Å². The Labute approximate surface area is 118 Å². The highest BCUT2D eigenvalue weighted by Crippen LogP contribution is 2.33. The fraction of sp³-hybridized carbons (Fsp3) is 0.643. The van der Waals surface area contributed by atoms with E-state index in [9.17, 15) is 9.90 Å². The van der Waals surface area contributed by atoms with Gasteiger partial charge in [-0.2, -0.15) is 4.98 Å². The van der Waals surface area contributed by atoms with Crippen LogP contribution < -0.4 is 9.64 Å². The zero-order valence-electron chi connectivity index (χ0n) is 12.2. The van der Waals surface area contributed by atoms with E-state index in [-0.39, 0.29) is 0 Å². The van der Waals surface area contributed by atoms with Crippen molar-refractivity contribution in [2.24, 2.45) is 5.41 Å². The van der Waals surface area contributed by atoms with E-state index in [4.69, 9.17) is 4.74 Å². The summed E-state index contributed by atoms with van der Waals surface area (Å²) in [5.74, 6) is 1.33. The first-order valence-electron chi connectivity index (χ1n) is 6.91. The molecule has 1 saturated heterocycles. The molecule has 110 valence electrons. The Balaban J connectivity index is 2.12. The molecule has 0 aliphatic carbocycles. The van der Waals surface area contributed by atoms with Gasteiger partial charge in [-0.3, -0.25) is 4.79 Å². The largest absolute Gasteiger partial charge is 0.481 e. The number of anilines is 1. The van der Waals surface area contributed by atoms with Crippen LogP contribution in [0, 0.1) is 12.3 Å². The predicted octanol–water partition coefficient (Wildman–Crippen LogP) is 1.87. The summed E-state index contributed by atoms with van der Waals surface area (Å²) in [5, 5.41) is 9.25. The van der Waals surface area contributed by atoms with Crippen LogP contribution in [0.15, 0.2) is 6.07 Å². The molecule has 0 bridgehead atoms. The molecular formula is C14H21N3O3. The van der Waals surface area contributed by atoms with Crippen LogP contribution in [-0.2, 0) is 4.79 Å². The van der Waals surface area contributed by atoms with Crippen LogP contribution in [0.2, 0.25) is 0 Å². The van der Waals surface area contributed by atoms with Gasteiger partial charge in [0.25, 0.3) is 0 Å². The van der Waals surface area contributed by atoms with E-state index in [2.05, 4.69) is 14.9 Å². The third-order valence-electron chi connectivity index (χ3n) is 3.80. The monoisotopic (exact) mass is 279 g/mol. The first-order valence-corrected chi connectivity index (χ1v) is 6.91. The molecule has 0 aromatic carbocycles. The maximum absolute atomic E-state index is 11.2. The molecule has 1 N–H and O–H groups in total. The van der Waals surface area contributed by atoms with Gasteiger partial charge >= 0.3 is 5.97 Å². The maximum atomic E-state index is 11.2. The normalized spacial score (nSPS) is 17.9. The molecule has 1 aromatic heterocycles. The van der Waals surface area contributed by atoms with E-state index in [1.807, 2.05) is 26.8 Å². The molecule has 0 amide bonds. The van der Waals surface area contributed by atoms with E-state index >= 15 is 0 Å². The highest BCUT2D eigenvalue weighted by molar-refractivity contribution is 5.74. The Bertz CT molecular complexity index is 496. The molecule has 2 heterocycles. The van der Waals surface area contributed by atoms with Crippen molar-refractivity contribution in [3.8, 4) is 5.88 Å². The third kappa shape index (κ3) is 3.00. The molecule has 1 aliphatic heterocycles. The minimum absolute atomic E-state index is 0.562. The van der Waals surface area contributed by atoms with Crippen molar-refractivity contribution in [1.29, 1.82) is 0 Å². The number of rotatable bonds is 4. The topological polar surface area (TPSA) is 75.5 Å². The average molecular weight is 279 g/mol. The van der Waals surface area contributed by atoms with Gasteiger partial charge in [-0.25, -0.2) is 4.98 Å². The number of nitrogens with zero attached hydrogens (tertiary/aromatic N) is 3. The summed E-state index contributed by atoms with van der Waals surface area (Å²) in [6.45, 7) is 7.49. The number of hydrogen-bond acceptors (Lipinski definition) is 5. The zero-order valence-corrected chi connectivity index (χ0v) is 12.2. The summed E-state index contributed by atoms with van der Waals surface area (Å²) < 4.78 is 5.43. The number of carboxylic acids is 1. The Morgan fingerprint density at radius 2 is 2.10 bits per heavy atom. The molecule has 0 saturated carbocycles. The van der Waals surface area contributed by atoms with Crippen LogP contribution in [0.1, 0.15) is 32.5 Å². The highest BCUT2D eigenvalue weighted by Gasteiger charge is 2.37. The second-order valence-corrected chi connectivity index (χ2v) is 5.40. The minimum atomic E-state index is -0.717. The van der Waals surface area contributed by atoms with Crippen molar-refractivity contribution >= 4 is 11.8 Å². The van der Waals surface area contributed by atoms with E-state index in [1.165, 1.54) is 0 Å². The number of ether oxygens (including phenoxy) is 1. The molecule has 1 aromatic rings. The molecule has 0 unspecified atom stereocenters. The van der Waals surface area contributed by atoms with Crippen LogP contribution in [0.5, 0.6) is 5.88 Å². The predicted molar refractivity (Wildman–Crippen MR) is 75.1 cm³/mol. The van der Waals surface area contributed by atoms with Gasteiger partial charge in [0, 0.05) is 19.2 Å². The molecule has 1 aliphatic rings. The molecule has 2 rings (SSSR count). The zero-order chi connectivity index (χ0) is 14.8. The second kappa shape index (κ2) is 5.64. The average Bonchev–Trinajstić information content (AvgIpc) is 2.39. The minimum Gasteiger partial charge on any atom is -0.481 e. The summed E-state index contributed by atoms with van der Waals surface area (Å²) in [7, 11) is 0. The molecule has 0 radical (unpaired) electrons. The van der Waals surface area contributed by atoms with Crippen molar-refractivity contribution in [2.45, 2.75) is 33.6 Å². The standard InChI is InChI=1S/C14H21N3O3/c1-4-20-12-9-11(15-10(2)16-12)17-7-5-14(3,6-8-17)13(18)19/h9H,4-8H2,1-3H3,(H,18,19). The summed E-state index contributed by atoms with van der Waals surface area (Å²) in [4.78, 5) is 22.0. The Kier molecular flexibility index (Phi) is 4.11. The second-order valence-electron chi connectivity index (χ2n) is 5.40. The van der Waals surface area contributed by atoms with Crippen molar-refractivity contribution in [3.05, 3.63) is 11.9 Å². The first kappa shape index (κ1) is 14.6. The summed E-state index contributed by atoms with van der Waals surface area (Å²) in [6, 6.07) is 1.82. The summed E-state index contributed by atoms with van der Waals surface area (Å²) in [6.07, 6.45) is 1.24. The smallest absolute Gasteiger partial charge is 0.309 e. The fourth-order valence-electron chi connectivity index (χ4n) is 2.35. The van der Waals surface area contributed by atoms with Gasteiger partial charge < -0.3 is 14.7 Å². The number of aryl methyl sites for hydroxylation is 1. The maximum Gasteiger partial charge on any atom is 0.309 e. The molecular weight excluding hydrogens is 258 g/mol. The lowest BCUT2D eigenvalue weighted by Crippen LogP contribution is -2.43. The SMILES string of the molecule is CCOc1cc(N2CCC(C)(C(=O)O)CC2)nc(C)n1. The fourth-order valence-corrected chi connectivity index (χ4v) is 2.35. The van der Waals surface area contributed by atoms with Crippen LogP contribution in [0.25, 0.3) is 0 Å².